The van der Waals surface area contributed by atoms with E-state index in [2.05, 4.69) is 130 Å². The van der Waals surface area contributed by atoms with Crippen LogP contribution in [0.2, 0.25) is 0 Å². The first kappa shape index (κ1) is 38.7. The van der Waals surface area contributed by atoms with E-state index in [0.29, 0.717) is 13.1 Å². The molecule has 278 valence electrons. The van der Waals surface area contributed by atoms with Gasteiger partial charge in [-0.05, 0) is 118 Å². The number of benzene rings is 4. The first-order chi connectivity index (χ1) is 26.4. The Morgan fingerprint density at radius 3 is 1.48 bits per heavy atom. The molecule has 1 aromatic heterocycles. The molecule has 0 aliphatic heterocycles. The van der Waals surface area contributed by atoms with Crippen LogP contribution in [0.4, 0.5) is 5.69 Å². The van der Waals surface area contributed by atoms with E-state index in [0.717, 1.165) is 84.0 Å². The number of carbonyl (C=O) groups is 2. The summed E-state index contributed by atoms with van der Waals surface area (Å²) in [6.45, 7) is 10.3. The zero-order valence-electron chi connectivity index (χ0n) is 31.5. The van der Waals surface area contributed by atoms with Crippen molar-refractivity contribution >= 4 is 33.4 Å². The van der Waals surface area contributed by atoms with Crippen molar-refractivity contribution in [2.45, 2.75) is 69.6 Å². The van der Waals surface area contributed by atoms with Gasteiger partial charge in [-0.2, -0.15) is 0 Å². The van der Waals surface area contributed by atoms with Gasteiger partial charge in [-0.3, -0.25) is 9.59 Å². The Hall–Kier alpha value is -5.01. The van der Waals surface area contributed by atoms with Gasteiger partial charge in [0, 0.05) is 19.6 Å². The molecule has 0 saturated carbocycles. The standard InChI is InChI=1S/C26H28BrN3O.C21H23NO/c1-2-16-29-25(31)26(15-7-8-17-28-19-13-14-24(27)30-18-19)22-11-5-3-9-20(22)21-10-4-6-12-23(21)26;1-3-5-14-21(20(23)22-15-4-2)18-12-8-6-10-16(18)17-11-7-9-13-19(17)21/h3-6,9-14,18,28H,2,7-8,15-17H2,1H3,(H,29,31);3,6-13H,1,4-5,14-15H2,2H3,(H,22,23). The number of aromatic nitrogens is 1. The predicted molar refractivity (Wildman–Crippen MR) is 226 cm³/mol. The molecular weight excluding hydrogens is 732 g/mol. The number of pyridine rings is 1. The molecule has 0 radical (unpaired) electrons. The molecule has 5 aromatic rings. The van der Waals surface area contributed by atoms with Crippen molar-refractivity contribution in [2.75, 3.05) is 25.0 Å². The Morgan fingerprint density at radius 2 is 1.07 bits per heavy atom. The average Bonchev–Trinajstić information content (AvgIpc) is 3.67. The van der Waals surface area contributed by atoms with Crippen molar-refractivity contribution in [3.05, 3.63) is 155 Å². The number of allylic oxidation sites excluding steroid dienone is 1. The number of hydrogen-bond donors (Lipinski definition) is 3. The molecular formula is C47H51BrN4O2. The molecule has 6 nitrogen and oxygen atoms in total. The summed E-state index contributed by atoms with van der Waals surface area (Å²) < 4.78 is 0.830. The lowest BCUT2D eigenvalue weighted by molar-refractivity contribution is -0.126. The van der Waals surface area contributed by atoms with Crippen LogP contribution in [-0.2, 0) is 20.4 Å². The van der Waals surface area contributed by atoms with E-state index in [9.17, 15) is 9.59 Å². The number of carbonyl (C=O) groups excluding carboxylic acids is 2. The van der Waals surface area contributed by atoms with E-state index in [4.69, 9.17) is 0 Å². The Balaban J connectivity index is 0.000000193. The molecule has 2 aliphatic carbocycles. The second kappa shape index (κ2) is 17.9. The number of nitrogens with zero attached hydrogens (tertiary/aromatic N) is 1. The summed E-state index contributed by atoms with van der Waals surface area (Å²) in [5, 5.41) is 9.76. The number of fused-ring (bicyclic) bond motifs is 6. The van der Waals surface area contributed by atoms with Gasteiger partial charge >= 0.3 is 0 Å². The monoisotopic (exact) mass is 782 g/mol. The molecule has 54 heavy (non-hydrogen) atoms. The minimum Gasteiger partial charge on any atom is -0.384 e. The van der Waals surface area contributed by atoms with E-state index in [1.807, 2.05) is 48.7 Å². The summed E-state index contributed by atoms with van der Waals surface area (Å²) in [7, 11) is 0. The molecule has 0 fully saturated rings. The highest BCUT2D eigenvalue weighted by molar-refractivity contribution is 9.10. The van der Waals surface area contributed by atoms with Crippen LogP contribution in [0.5, 0.6) is 0 Å². The maximum atomic E-state index is 13.6. The Morgan fingerprint density at radius 1 is 0.630 bits per heavy atom. The maximum absolute atomic E-state index is 13.6. The van der Waals surface area contributed by atoms with Crippen LogP contribution in [0.3, 0.4) is 0 Å². The van der Waals surface area contributed by atoms with Gasteiger partial charge < -0.3 is 16.0 Å². The van der Waals surface area contributed by atoms with E-state index in [-0.39, 0.29) is 11.8 Å². The van der Waals surface area contributed by atoms with Crippen LogP contribution in [0.15, 0.2) is 133 Å². The number of unbranched alkanes of at least 4 members (excludes halogenated alkanes) is 1. The van der Waals surface area contributed by atoms with Crippen molar-refractivity contribution in [3.8, 4) is 22.3 Å². The molecule has 0 bridgehead atoms. The van der Waals surface area contributed by atoms with E-state index >= 15 is 0 Å². The highest BCUT2D eigenvalue weighted by Gasteiger charge is 2.49. The van der Waals surface area contributed by atoms with Gasteiger partial charge in [0.15, 0.2) is 0 Å². The minimum atomic E-state index is -0.623. The molecule has 0 atom stereocenters. The van der Waals surface area contributed by atoms with Crippen molar-refractivity contribution in [2.24, 2.45) is 0 Å². The van der Waals surface area contributed by atoms with Gasteiger partial charge in [0.05, 0.1) is 11.9 Å². The van der Waals surface area contributed by atoms with E-state index in [1.54, 1.807) is 0 Å². The smallest absolute Gasteiger partial charge is 0.235 e. The molecule has 1 heterocycles. The second-order valence-corrected chi connectivity index (χ2v) is 14.9. The quantitative estimate of drug-likeness (QED) is 0.0561. The fraction of sp³-hybridized carbons (Fsp3) is 0.298. The lowest BCUT2D eigenvalue weighted by Gasteiger charge is -2.31. The van der Waals surface area contributed by atoms with Crippen molar-refractivity contribution < 1.29 is 9.59 Å². The third-order valence-electron chi connectivity index (χ3n) is 10.7. The molecule has 0 unspecified atom stereocenters. The zero-order valence-corrected chi connectivity index (χ0v) is 33.1. The maximum Gasteiger partial charge on any atom is 0.235 e. The highest BCUT2D eigenvalue weighted by atomic mass is 79.9. The van der Waals surface area contributed by atoms with Crippen molar-refractivity contribution in [1.29, 1.82) is 0 Å². The SMILES string of the molecule is C=CCCC1(C(=O)NCCC)c2ccccc2-c2ccccc21.CCCNC(=O)C1(CCCCNc2ccc(Br)nc2)c2ccccc2-c2ccccc21. The summed E-state index contributed by atoms with van der Waals surface area (Å²) in [5.41, 5.74) is 9.02. The number of halogens is 1. The molecule has 0 spiro atoms. The van der Waals surface area contributed by atoms with Crippen LogP contribution in [0, 0.1) is 0 Å². The summed E-state index contributed by atoms with van der Waals surface area (Å²) in [4.78, 5) is 31.1. The fourth-order valence-electron chi connectivity index (χ4n) is 8.23. The van der Waals surface area contributed by atoms with Crippen LogP contribution in [0.25, 0.3) is 22.3 Å². The van der Waals surface area contributed by atoms with Crippen molar-refractivity contribution in [3.63, 3.8) is 0 Å². The lowest BCUT2D eigenvalue weighted by atomic mass is 9.73. The zero-order chi connectivity index (χ0) is 38.0. The van der Waals surface area contributed by atoms with Gasteiger partial charge in [-0.15, -0.1) is 6.58 Å². The van der Waals surface area contributed by atoms with Gasteiger partial charge in [0.25, 0.3) is 0 Å². The number of anilines is 1. The third kappa shape index (κ3) is 7.52. The van der Waals surface area contributed by atoms with Crippen LogP contribution >= 0.6 is 15.9 Å². The minimum absolute atomic E-state index is 0.110. The largest absolute Gasteiger partial charge is 0.384 e. The third-order valence-corrected chi connectivity index (χ3v) is 11.2. The molecule has 2 amide bonds. The first-order valence-electron chi connectivity index (χ1n) is 19.3. The average molecular weight is 784 g/mol. The normalized spacial score (nSPS) is 13.6. The Labute approximate surface area is 329 Å². The molecule has 0 saturated heterocycles. The molecule has 2 aliphatic rings. The molecule has 4 aromatic carbocycles. The van der Waals surface area contributed by atoms with Crippen molar-refractivity contribution in [1.82, 2.24) is 15.6 Å². The highest BCUT2D eigenvalue weighted by Crippen LogP contribution is 2.52. The second-order valence-electron chi connectivity index (χ2n) is 14.1. The number of amides is 2. The summed E-state index contributed by atoms with van der Waals surface area (Å²) >= 11 is 3.36. The van der Waals surface area contributed by atoms with E-state index in [1.165, 1.54) is 22.3 Å². The molecule has 7 heteroatoms. The number of nitrogens with one attached hydrogen (secondary N) is 3. The first-order valence-corrected chi connectivity index (χ1v) is 20.1. The summed E-state index contributed by atoms with van der Waals surface area (Å²) in [6, 6.07) is 37.3. The van der Waals surface area contributed by atoms with Crippen LogP contribution < -0.4 is 16.0 Å². The van der Waals surface area contributed by atoms with Gasteiger partial charge in [-0.1, -0.05) is 117 Å². The summed E-state index contributed by atoms with van der Waals surface area (Å²) in [6.07, 6.45) is 9.86. The molecule has 7 rings (SSSR count). The van der Waals surface area contributed by atoms with Crippen LogP contribution in [-0.4, -0.2) is 36.4 Å². The Kier molecular flexibility index (Phi) is 12.8. The number of hydrogen-bond acceptors (Lipinski definition) is 4. The van der Waals surface area contributed by atoms with Gasteiger partial charge in [-0.25, -0.2) is 4.98 Å². The number of rotatable bonds is 15. The van der Waals surface area contributed by atoms with Gasteiger partial charge in [0.2, 0.25) is 11.8 Å². The Bertz CT molecular complexity index is 1980. The molecule has 3 N–H and O–H groups in total. The van der Waals surface area contributed by atoms with E-state index < -0.39 is 10.8 Å². The van der Waals surface area contributed by atoms with Crippen LogP contribution in [0.1, 0.15) is 81.0 Å². The summed E-state index contributed by atoms with van der Waals surface area (Å²) in [5.74, 6) is 0.232. The lowest BCUT2D eigenvalue weighted by Crippen LogP contribution is -2.44. The topological polar surface area (TPSA) is 83.1 Å². The predicted octanol–water partition coefficient (Wildman–Crippen LogP) is 10.4. The van der Waals surface area contributed by atoms with Gasteiger partial charge in [0.1, 0.15) is 15.4 Å². The fourth-order valence-corrected chi connectivity index (χ4v) is 8.47.